The highest BCUT2D eigenvalue weighted by atomic mass is 16.2. The Morgan fingerprint density at radius 3 is 2.23 bits per heavy atom. The number of nitrogens with two attached hydrogens (primary N) is 1. The summed E-state index contributed by atoms with van der Waals surface area (Å²) in [5, 5.41) is 5.39. The molecule has 4 N–H and O–H groups in total. The van der Waals surface area contributed by atoms with Crippen LogP contribution in [0.15, 0.2) is 18.2 Å². The number of nitrogens with zero attached hydrogens (tertiary/aromatic N) is 1. The van der Waals surface area contributed by atoms with Crippen LogP contribution >= 0.6 is 0 Å². The second-order valence-electron chi connectivity index (χ2n) is 6.71. The third-order valence-electron chi connectivity index (χ3n) is 4.25. The Kier molecular flexibility index (Phi) is 8.25. The molecular formula is C19H30N4O3. The SMILES string of the molecule is CCN(CC(=O)Nc1c(C)cccc1C)C(=O)CNC(=O)[C@@H](N)C(C)C. The molecule has 0 unspecified atom stereocenters. The van der Waals surface area contributed by atoms with E-state index in [1.807, 2.05) is 45.9 Å². The zero-order valence-electron chi connectivity index (χ0n) is 16.3. The van der Waals surface area contributed by atoms with Crippen LogP contribution in [-0.2, 0) is 14.4 Å². The maximum Gasteiger partial charge on any atom is 0.244 e. The molecule has 0 saturated heterocycles. The first kappa shape index (κ1) is 21.6. The molecule has 0 aliphatic rings. The zero-order chi connectivity index (χ0) is 19.9. The van der Waals surface area contributed by atoms with Crippen LogP contribution in [0.4, 0.5) is 5.69 Å². The lowest BCUT2D eigenvalue weighted by atomic mass is 10.1. The smallest absolute Gasteiger partial charge is 0.244 e. The number of para-hydroxylation sites is 1. The van der Waals surface area contributed by atoms with E-state index >= 15 is 0 Å². The summed E-state index contributed by atoms with van der Waals surface area (Å²) in [4.78, 5) is 37.8. The van der Waals surface area contributed by atoms with Crippen LogP contribution in [-0.4, -0.2) is 48.3 Å². The predicted octanol–water partition coefficient (Wildman–Crippen LogP) is 1.19. The molecule has 0 heterocycles. The fraction of sp³-hybridized carbons (Fsp3) is 0.526. The Hall–Kier alpha value is -2.41. The van der Waals surface area contributed by atoms with Crippen molar-refractivity contribution in [1.82, 2.24) is 10.2 Å². The Morgan fingerprint density at radius 1 is 1.15 bits per heavy atom. The van der Waals surface area contributed by atoms with Crippen LogP contribution in [0.5, 0.6) is 0 Å². The molecule has 0 fully saturated rings. The molecule has 1 aromatic rings. The van der Waals surface area contributed by atoms with E-state index in [2.05, 4.69) is 10.6 Å². The van der Waals surface area contributed by atoms with E-state index in [-0.39, 0.29) is 36.7 Å². The van der Waals surface area contributed by atoms with Gasteiger partial charge in [0, 0.05) is 12.2 Å². The third kappa shape index (κ3) is 6.15. The van der Waals surface area contributed by atoms with Gasteiger partial charge in [0.25, 0.3) is 0 Å². The molecule has 144 valence electrons. The maximum atomic E-state index is 12.3. The van der Waals surface area contributed by atoms with Gasteiger partial charge in [-0.25, -0.2) is 0 Å². The number of amides is 3. The van der Waals surface area contributed by atoms with Crippen molar-refractivity contribution >= 4 is 23.4 Å². The molecule has 7 heteroatoms. The number of anilines is 1. The first-order chi connectivity index (χ1) is 12.2. The summed E-state index contributed by atoms with van der Waals surface area (Å²) in [6.07, 6.45) is 0. The monoisotopic (exact) mass is 362 g/mol. The highest BCUT2D eigenvalue weighted by Crippen LogP contribution is 2.19. The number of likely N-dealkylation sites (N-methyl/N-ethyl adjacent to an activating group) is 1. The van der Waals surface area contributed by atoms with Crippen LogP contribution in [0.25, 0.3) is 0 Å². The summed E-state index contributed by atoms with van der Waals surface area (Å²) in [6, 6.07) is 5.09. The summed E-state index contributed by atoms with van der Waals surface area (Å²) < 4.78 is 0. The first-order valence-corrected chi connectivity index (χ1v) is 8.84. The van der Waals surface area contributed by atoms with E-state index in [9.17, 15) is 14.4 Å². The molecule has 0 aromatic heterocycles. The van der Waals surface area contributed by atoms with E-state index in [1.54, 1.807) is 6.92 Å². The second kappa shape index (κ2) is 9.91. The summed E-state index contributed by atoms with van der Waals surface area (Å²) in [7, 11) is 0. The number of nitrogens with one attached hydrogen (secondary N) is 2. The number of carbonyl (C=O) groups excluding carboxylic acids is 3. The van der Waals surface area contributed by atoms with Crippen molar-refractivity contribution in [3.05, 3.63) is 29.3 Å². The molecule has 26 heavy (non-hydrogen) atoms. The lowest BCUT2D eigenvalue weighted by Crippen LogP contribution is -2.48. The molecule has 7 nitrogen and oxygen atoms in total. The summed E-state index contributed by atoms with van der Waals surface area (Å²) in [5.41, 5.74) is 8.43. The van der Waals surface area contributed by atoms with Crippen molar-refractivity contribution in [2.45, 2.75) is 40.7 Å². The molecule has 0 aliphatic carbocycles. The van der Waals surface area contributed by atoms with E-state index in [0.29, 0.717) is 6.54 Å². The van der Waals surface area contributed by atoms with Crippen LogP contribution in [0.3, 0.4) is 0 Å². The van der Waals surface area contributed by atoms with E-state index < -0.39 is 6.04 Å². The molecule has 0 aliphatic heterocycles. The van der Waals surface area contributed by atoms with Crippen LogP contribution in [0.2, 0.25) is 0 Å². The molecule has 1 rings (SSSR count). The predicted molar refractivity (Wildman–Crippen MR) is 103 cm³/mol. The highest BCUT2D eigenvalue weighted by molar-refractivity contribution is 5.96. The Balaban J connectivity index is 2.61. The van der Waals surface area contributed by atoms with Crippen molar-refractivity contribution in [2.24, 2.45) is 11.7 Å². The number of hydrogen-bond donors (Lipinski definition) is 3. The Morgan fingerprint density at radius 2 is 1.73 bits per heavy atom. The number of carbonyl (C=O) groups is 3. The van der Waals surface area contributed by atoms with Crippen molar-refractivity contribution in [1.29, 1.82) is 0 Å². The van der Waals surface area contributed by atoms with Crippen molar-refractivity contribution in [3.8, 4) is 0 Å². The lowest BCUT2D eigenvalue weighted by molar-refractivity contribution is -0.135. The number of hydrogen-bond acceptors (Lipinski definition) is 4. The van der Waals surface area contributed by atoms with Gasteiger partial charge in [0.1, 0.15) is 0 Å². The lowest BCUT2D eigenvalue weighted by Gasteiger charge is -2.22. The van der Waals surface area contributed by atoms with Crippen LogP contribution < -0.4 is 16.4 Å². The number of aryl methyl sites for hydroxylation is 2. The normalized spacial score (nSPS) is 11.8. The molecule has 0 spiro atoms. The van der Waals surface area contributed by atoms with Gasteiger partial charge in [0.05, 0.1) is 19.1 Å². The minimum absolute atomic E-state index is 0.0180. The average molecular weight is 362 g/mol. The Bertz CT molecular complexity index is 638. The van der Waals surface area contributed by atoms with E-state index in [1.165, 1.54) is 4.90 Å². The van der Waals surface area contributed by atoms with Gasteiger partial charge >= 0.3 is 0 Å². The van der Waals surface area contributed by atoms with Gasteiger partial charge in [-0.1, -0.05) is 32.0 Å². The first-order valence-electron chi connectivity index (χ1n) is 8.84. The van der Waals surface area contributed by atoms with E-state index in [0.717, 1.165) is 16.8 Å². The van der Waals surface area contributed by atoms with E-state index in [4.69, 9.17) is 5.73 Å². The quantitative estimate of drug-likeness (QED) is 0.646. The fourth-order valence-corrected chi connectivity index (χ4v) is 2.44. The average Bonchev–Trinajstić information content (AvgIpc) is 2.59. The minimum atomic E-state index is -0.662. The summed E-state index contributed by atoms with van der Waals surface area (Å²) in [6.45, 7) is 9.40. The molecule has 0 bridgehead atoms. The largest absolute Gasteiger partial charge is 0.346 e. The van der Waals surface area contributed by atoms with Gasteiger partial charge in [0.2, 0.25) is 17.7 Å². The molecular weight excluding hydrogens is 332 g/mol. The molecule has 1 atom stereocenters. The molecule has 0 radical (unpaired) electrons. The van der Waals surface area contributed by atoms with Gasteiger partial charge in [0.15, 0.2) is 0 Å². The Labute approximate surface area is 155 Å². The third-order valence-corrected chi connectivity index (χ3v) is 4.25. The molecule has 1 aromatic carbocycles. The van der Waals surface area contributed by atoms with Gasteiger partial charge in [-0.15, -0.1) is 0 Å². The van der Waals surface area contributed by atoms with Crippen LogP contribution in [0, 0.1) is 19.8 Å². The topological polar surface area (TPSA) is 105 Å². The maximum absolute atomic E-state index is 12.3. The summed E-state index contributed by atoms with van der Waals surface area (Å²) in [5.74, 6) is -0.990. The molecule has 0 saturated carbocycles. The van der Waals surface area contributed by atoms with Crippen molar-refractivity contribution in [2.75, 3.05) is 25.0 Å². The van der Waals surface area contributed by atoms with Gasteiger partial charge in [-0.3, -0.25) is 14.4 Å². The fourth-order valence-electron chi connectivity index (χ4n) is 2.44. The van der Waals surface area contributed by atoms with Gasteiger partial charge in [-0.2, -0.15) is 0 Å². The standard InChI is InChI=1S/C19H30N4O3/c1-6-23(16(25)10-21-19(26)17(20)12(2)3)11-15(24)22-18-13(4)8-7-9-14(18)5/h7-9,12,17H,6,10-11,20H2,1-5H3,(H,21,26)(H,22,24)/t17-/m0/s1. The number of rotatable bonds is 8. The minimum Gasteiger partial charge on any atom is -0.346 e. The second-order valence-corrected chi connectivity index (χ2v) is 6.71. The zero-order valence-corrected chi connectivity index (χ0v) is 16.3. The van der Waals surface area contributed by atoms with Crippen molar-refractivity contribution < 1.29 is 14.4 Å². The van der Waals surface area contributed by atoms with Gasteiger partial charge < -0.3 is 21.3 Å². The van der Waals surface area contributed by atoms with Crippen LogP contribution in [0.1, 0.15) is 31.9 Å². The van der Waals surface area contributed by atoms with Gasteiger partial charge in [-0.05, 0) is 37.8 Å². The van der Waals surface area contributed by atoms with Crippen molar-refractivity contribution in [3.63, 3.8) is 0 Å². The summed E-state index contributed by atoms with van der Waals surface area (Å²) >= 11 is 0. The molecule has 3 amide bonds. The highest BCUT2D eigenvalue weighted by Gasteiger charge is 2.20. The number of benzene rings is 1.